The van der Waals surface area contributed by atoms with Gasteiger partial charge in [-0.05, 0) is 31.6 Å². The van der Waals surface area contributed by atoms with Crippen molar-refractivity contribution >= 4 is 29.9 Å². The van der Waals surface area contributed by atoms with Crippen molar-refractivity contribution in [3.05, 3.63) is 11.7 Å². The molecule has 0 amide bonds. The second-order valence-corrected chi connectivity index (χ2v) is 6.65. The summed E-state index contributed by atoms with van der Waals surface area (Å²) in [5, 5.41) is 7.45. The maximum atomic E-state index is 5.15. The zero-order valence-electron chi connectivity index (χ0n) is 14.8. The lowest BCUT2D eigenvalue weighted by Gasteiger charge is -2.22. The first kappa shape index (κ1) is 19.5. The van der Waals surface area contributed by atoms with E-state index in [-0.39, 0.29) is 24.0 Å². The lowest BCUT2D eigenvalue weighted by Crippen LogP contribution is -2.40. The third kappa shape index (κ3) is 4.83. The average molecular weight is 447 g/mol. The number of hydrogen-bond acceptors (Lipinski definition) is 4. The van der Waals surface area contributed by atoms with Gasteiger partial charge in [0.05, 0.1) is 0 Å². The quantitative estimate of drug-likeness (QED) is 0.427. The van der Waals surface area contributed by atoms with E-state index in [0.29, 0.717) is 12.4 Å². The number of halogens is 1. The number of nitrogens with zero attached hydrogens (tertiary/aromatic N) is 4. The first-order valence-electron chi connectivity index (χ1n) is 9.14. The number of fused-ring (bicyclic) bond motifs is 1. The van der Waals surface area contributed by atoms with Gasteiger partial charge in [0.2, 0.25) is 5.89 Å². The summed E-state index contributed by atoms with van der Waals surface area (Å²) in [6.07, 6.45) is 7.11. The third-order valence-corrected chi connectivity index (χ3v) is 5.02. The van der Waals surface area contributed by atoms with E-state index in [2.05, 4.69) is 27.3 Å². The van der Waals surface area contributed by atoms with Gasteiger partial charge in [-0.15, -0.1) is 24.0 Å². The number of likely N-dealkylation sites (tertiary alicyclic amines) is 1. The molecular formula is C17H30IN5O. The molecule has 1 N–H and O–H groups in total. The van der Waals surface area contributed by atoms with Crippen molar-refractivity contribution in [2.75, 3.05) is 26.2 Å². The SMILES string of the molecule is CCNC(=NCCc1noc(CC)n1)N1CC2CCCCC2C1.I. The van der Waals surface area contributed by atoms with Gasteiger partial charge in [-0.1, -0.05) is 24.9 Å². The first-order valence-corrected chi connectivity index (χ1v) is 9.14. The minimum absolute atomic E-state index is 0. The molecule has 2 atom stereocenters. The van der Waals surface area contributed by atoms with Crippen LogP contribution in [0.4, 0.5) is 0 Å². The van der Waals surface area contributed by atoms with Crippen LogP contribution in [0.1, 0.15) is 51.2 Å². The Morgan fingerprint density at radius 3 is 2.54 bits per heavy atom. The van der Waals surface area contributed by atoms with E-state index in [9.17, 15) is 0 Å². The zero-order valence-corrected chi connectivity index (χ0v) is 17.2. The monoisotopic (exact) mass is 447 g/mol. The fraction of sp³-hybridized carbons (Fsp3) is 0.824. The van der Waals surface area contributed by atoms with Gasteiger partial charge < -0.3 is 14.7 Å². The summed E-state index contributed by atoms with van der Waals surface area (Å²) in [4.78, 5) is 11.6. The summed E-state index contributed by atoms with van der Waals surface area (Å²) in [5.74, 6) is 4.27. The number of aliphatic imine (C=N–C) groups is 1. The van der Waals surface area contributed by atoms with Crippen molar-refractivity contribution in [3.8, 4) is 0 Å². The van der Waals surface area contributed by atoms with Gasteiger partial charge in [0.25, 0.3) is 0 Å². The molecule has 1 aliphatic heterocycles. The Balaban J connectivity index is 0.00000208. The van der Waals surface area contributed by atoms with Crippen LogP contribution in [-0.2, 0) is 12.8 Å². The van der Waals surface area contributed by atoms with Crippen LogP contribution in [0.2, 0.25) is 0 Å². The van der Waals surface area contributed by atoms with Crippen LogP contribution in [0.5, 0.6) is 0 Å². The standard InChI is InChI=1S/C17H29N5O.HI/c1-3-16-20-15(21-23-16)9-10-19-17(18-4-2)22-11-13-7-5-6-8-14(13)12-22;/h13-14H,3-12H2,1-2H3,(H,18,19);1H. The number of rotatable bonds is 5. The molecule has 0 spiro atoms. The summed E-state index contributed by atoms with van der Waals surface area (Å²) in [6.45, 7) is 8.10. The van der Waals surface area contributed by atoms with E-state index in [1.807, 2.05) is 6.92 Å². The lowest BCUT2D eigenvalue weighted by molar-refractivity contribution is 0.299. The number of aryl methyl sites for hydroxylation is 1. The van der Waals surface area contributed by atoms with Gasteiger partial charge in [0.1, 0.15) is 0 Å². The minimum Gasteiger partial charge on any atom is -0.357 e. The molecule has 1 aromatic rings. The van der Waals surface area contributed by atoms with Crippen LogP contribution < -0.4 is 5.32 Å². The molecule has 2 unspecified atom stereocenters. The molecule has 136 valence electrons. The highest BCUT2D eigenvalue weighted by atomic mass is 127. The van der Waals surface area contributed by atoms with Gasteiger partial charge in [-0.2, -0.15) is 4.98 Å². The molecule has 24 heavy (non-hydrogen) atoms. The second-order valence-electron chi connectivity index (χ2n) is 6.65. The van der Waals surface area contributed by atoms with E-state index in [0.717, 1.165) is 43.0 Å². The lowest BCUT2D eigenvalue weighted by atomic mass is 9.82. The van der Waals surface area contributed by atoms with Gasteiger partial charge in [-0.25, -0.2) is 0 Å². The minimum atomic E-state index is 0. The summed E-state index contributed by atoms with van der Waals surface area (Å²) in [7, 11) is 0. The topological polar surface area (TPSA) is 66.5 Å². The molecular weight excluding hydrogens is 417 g/mol. The second kappa shape index (κ2) is 9.58. The maximum Gasteiger partial charge on any atom is 0.226 e. The maximum absolute atomic E-state index is 5.15. The number of hydrogen-bond donors (Lipinski definition) is 1. The summed E-state index contributed by atoms with van der Waals surface area (Å²) < 4.78 is 5.15. The largest absolute Gasteiger partial charge is 0.357 e. The van der Waals surface area contributed by atoms with Crippen molar-refractivity contribution in [1.29, 1.82) is 0 Å². The molecule has 1 aromatic heterocycles. The molecule has 7 heteroatoms. The van der Waals surface area contributed by atoms with Crippen molar-refractivity contribution in [3.63, 3.8) is 0 Å². The average Bonchev–Trinajstić information content (AvgIpc) is 3.20. The Hall–Kier alpha value is -0.860. The smallest absolute Gasteiger partial charge is 0.226 e. The van der Waals surface area contributed by atoms with E-state index < -0.39 is 0 Å². The van der Waals surface area contributed by atoms with Crippen LogP contribution in [0, 0.1) is 11.8 Å². The first-order chi connectivity index (χ1) is 11.3. The molecule has 2 fully saturated rings. The number of aromatic nitrogens is 2. The van der Waals surface area contributed by atoms with E-state index in [1.54, 1.807) is 0 Å². The predicted octanol–water partition coefficient (Wildman–Crippen LogP) is 2.88. The normalized spacial score (nSPS) is 23.8. The summed E-state index contributed by atoms with van der Waals surface area (Å²) in [6, 6.07) is 0. The Bertz CT molecular complexity index is 519. The molecule has 0 radical (unpaired) electrons. The van der Waals surface area contributed by atoms with Crippen molar-refractivity contribution in [1.82, 2.24) is 20.4 Å². The summed E-state index contributed by atoms with van der Waals surface area (Å²) >= 11 is 0. The Morgan fingerprint density at radius 1 is 1.25 bits per heavy atom. The van der Waals surface area contributed by atoms with Gasteiger partial charge in [0.15, 0.2) is 11.8 Å². The van der Waals surface area contributed by atoms with Crippen molar-refractivity contribution in [2.45, 2.75) is 52.4 Å². The van der Waals surface area contributed by atoms with E-state index >= 15 is 0 Å². The highest BCUT2D eigenvalue weighted by molar-refractivity contribution is 14.0. The van der Waals surface area contributed by atoms with Crippen LogP contribution in [0.25, 0.3) is 0 Å². The molecule has 0 bridgehead atoms. The van der Waals surface area contributed by atoms with E-state index in [1.165, 1.54) is 38.8 Å². The Labute approximate surface area is 161 Å². The molecule has 2 heterocycles. The van der Waals surface area contributed by atoms with Crippen molar-refractivity contribution < 1.29 is 4.52 Å². The molecule has 3 rings (SSSR count). The van der Waals surface area contributed by atoms with Crippen LogP contribution >= 0.6 is 24.0 Å². The number of nitrogens with one attached hydrogen (secondary N) is 1. The highest BCUT2D eigenvalue weighted by Crippen LogP contribution is 2.35. The van der Waals surface area contributed by atoms with Crippen LogP contribution in [-0.4, -0.2) is 47.2 Å². The Kier molecular flexibility index (Phi) is 7.77. The third-order valence-electron chi connectivity index (χ3n) is 5.02. The van der Waals surface area contributed by atoms with Crippen molar-refractivity contribution in [2.24, 2.45) is 16.8 Å². The molecule has 2 aliphatic rings. The predicted molar refractivity (Wildman–Crippen MR) is 106 cm³/mol. The van der Waals surface area contributed by atoms with Gasteiger partial charge in [0, 0.05) is 39.0 Å². The van der Waals surface area contributed by atoms with Crippen LogP contribution in [0.15, 0.2) is 9.52 Å². The number of guanidine groups is 1. The molecule has 6 nitrogen and oxygen atoms in total. The Morgan fingerprint density at radius 2 is 1.96 bits per heavy atom. The highest BCUT2D eigenvalue weighted by Gasteiger charge is 2.35. The van der Waals surface area contributed by atoms with Crippen LogP contribution in [0.3, 0.4) is 0 Å². The fourth-order valence-electron chi connectivity index (χ4n) is 3.80. The molecule has 0 aromatic carbocycles. The van der Waals surface area contributed by atoms with Gasteiger partial charge in [-0.3, -0.25) is 4.99 Å². The zero-order chi connectivity index (χ0) is 16.1. The molecule has 1 aliphatic carbocycles. The fourth-order valence-corrected chi connectivity index (χ4v) is 3.80. The van der Waals surface area contributed by atoms with Gasteiger partial charge >= 0.3 is 0 Å². The summed E-state index contributed by atoms with van der Waals surface area (Å²) in [5.41, 5.74) is 0. The molecule has 1 saturated heterocycles. The van der Waals surface area contributed by atoms with E-state index in [4.69, 9.17) is 9.52 Å². The molecule has 1 saturated carbocycles.